The molecule has 0 saturated carbocycles. The first kappa shape index (κ1) is 18.0. The minimum atomic E-state index is 0. The Balaban J connectivity index is 0.00000200. The lowest BCUT2D eigenvalue weighted by atomic mass is 10.1. The van der Waals surface area contributed by atoms with Crippen molar-refractivity contribution in [2.75, 3.05) is 26.7 Å². The highest BCUT2D eigenvalue weighted by molar-refractivity contribution is 9.11. The van der Waals surface area contributed by atoms with Crippen LogP contribution >= 0.6 is 39.7 Å². The first-order valence-corrected chi connectivity index (χ1v) is 8.46. The van der Waals surface area contributed by atoms with Crippen LogP contribution < -0.4 is 5.32 Å². The van der Waals surface area contributed by atoms with E-state index in [2.05, 4.69) is 33.4 Å². The molecule has 1 saturated heterocycles. The molecule has 114 valence electrons. The molecule has 1 aromatic heterocycles. The summed E-state index contributed by atoms with van der Waals surface area (Å²) in [5, 5.41) is 3.20. The molecule has 1 aliphatic heterocycles. The summed E-state index contributed by atoms with van der Waals surface area (Å²) in [6.45, 7) is 2.90. The van der Waals surface area contributed by atoms with E-state index in [1.807, 2.05) is 11.9 Å². The van der Waals surface area contributed by atoms with Crippen LogP contribution in [-0.2, 0) is 11.2 Å². The number of carbonyl (C=O) groups excluding carboxylic acids is 1. The summed E-state index contributed by atoms with van der Waals surface area (Å²) < 4.78 is 1.17. The molecule has 0 radical (unpaired) electrons. The van der Waals surface area contributed by atoms with Gasteiger partial charge in [0.15, 0.2) is 0 Å². The van der Waals surface area contributed by atoms with Gasteiger partial charge in [-0.15, -0.1) is 23.7 Å². The topological polar surface area (TPSA) is 32.3 Å². The molecule has 6 heteroatoms. The second kappa shape index (κ2) is 9.03. The Hall–Kier alpha value is -0.100. The van der Waals surface area contributed by atoms with Crippen LogP contribution in [-0.4, -0.2) is 37.5 Å². The molecule has 20 heavy (non-hydrogen) atoms. The molecular formula is C14H22BrClN2OS. The second-order valence-corrected chi connectivity index (χ2v) is 7.66. The van der Waals surface area contributed by atoms with E-state index in [-0.39, 0.29) is 12.4 Å². The van der Waals surface area contributed by atoms with Crippen LogP contribution in [0.3, 0.4) is 0 Å². The van der Waals surface area contributed by atoms with E-state index < -0.39 is 0 Å². The number of nitrogens with zero attached hydrogens (tertiary/aromatic N) is 1. The van der Waals surface area contributed by atoms with Gasteiger partial charge in [-0.05, 0) is 66.8 Å². The lowest BCUT2D eigenvalue weighted by molar-refractivity contribution is -0.130. The number of thiophene rings is 1. The van der Waals surface area contributed by atoms with Crippen molar-refractivity contribution in [1.29, 1.82) is 0 Å². The molecule has 1 fully saturated rings. The number of hydrogen-bond acceptors (Lipinski definition) is 3. The zero-order valence-electron chi connectivity index (χ0n) is 11.7. The molecule has 0 bridgehead atoms. The molecule has 1 amide bonds. The van der Waals surface area contributed by atoms with Gasteiger partial charge in [0.1, 0.15) is 0 Å². The van der Waals surface area contributed by atoms with Gasteiger partial charge >= 0.3 is 0 Å². The van der Waals surface area contributed by atoms with E-state index in [4.69, 9.17) is 0 Å². The maximum Gasteiger partial charge on any atom is 0.222 e. The van der Waals surface area contributed by atoms with Gasteiger partial charge in [0, 0.05) is 24.4 Å². The van der Waals surface area contributed by atoms with Crippen molar-refractivity contribution in [3.05, 3.63) is 20.8 Å². The lowest BCUT2D eigenvalue weighted by Gasteiger charge is -2.16. The number of likely N-dealkylation sites (tertiary alicyclic amines) is 1. The van der Waals surface area contributed by atoms with Gasteiger partial charge in [-0.25, -0.2) is 0 Å². The smallest absolute Gasteiger partial charge is 0.222 e. The quantitative estimate of drug-likeness (QED) is 0.820. The van der Waals surface area contributed by atoms with Crippen LogP contribution in [0.4, 0.5) is 0 Å². The van der Waals surface area contributed by atoms with Gasteiger partial charge < -0.3 is 10.2 Å². The largest absolute Gasteiger partial charge is 0.342 e. The summed E-state index contributed by atoms with van der Waals surface area (Å²) in [6.07, 6.45) is 3.79. The Morgan fingerprint density at radius 3 is 3.00 bits per heavy atom. The van der Waals surface area contributed by atoms with Crippen LogP contribution in [0, 0.1) is 5.92 Å². The van der Waals surface area contributed by atoms with E-state index in [9.17, 15) is 4.79 Å². The molecule has 2 rings (SSSR count). The van der Waals surface area contributed by atoms with E-state index in [1.165, 1.54) is 8.66 Å². The number of aryl methyl sites for hydroxylation is 1. The Labute approximate surface area is 139 Å². The SMILES string of the molecule is CNCC1CCN(C(=O)CCCc2ccc(Br)s2)C1.Cl. The van der Waals surface area contributed by atoms with Crippen molar-refractivity contribution in [2.24, 2.45) is 5.92 Å². The van der Waals surface area contributed by atoms with Crippen LogP contribution in [0.25, 0.3) is 0 Å². The Kier molecular flexibility index (Phi) is 8.10. The van der Waals surface area contributed by atoms with Crippen LogP contribution in [0.2, 0.25) is 0 Å². The third-order valence-corrected chi connectivity index (χ3v) is 5.26. The van der Waals surface area contributed by atoms with Crippen LogP contribution in [0.15, 0.2) is 15.9 Å². The average Bonchev–Trinajstić information content (AvgIpc) is 2.99. The summed E-state index contributed by atoms with van der Waals surface area (Å²) in [7, 11) is 1.98. The molecule has 0 spiro atoms. The highest BCUT2D eigenvalue weighted by Gasteiger charge is 2.25. The third-order valence-electron chi connectivity index (χ3n) is 3.57. The van der Waals surface area contributed by atoms with E-state index in [0.29, 0.717) is 18.2 Å². The van der Waals surface area contributed by atoms with E-state index in [0.717, 1.165) is 38.9 Å². The molecule has 1 atom stereocenters. The molecule has 0 aliphatic carbocycles. The number of halogens is 2. The zero-order chi connectivity index (χ0) is 13.7. The van der Waals surface area contributed by atoms with Crippen molar-refractivity contribution in [2.45, 2.75) is 25.7 Å². The minimum Gasteiger partial charge on any atom is -0.342 e. The first-order chi connectivity index (χ1) is 9.19. The molecule has 3 nitrogen and oxygen atoms in total. The molecule has 1 aromatic rings. The van der Waals surface area contributed by atoms with Gasteiger partial charge in [0.05, 0.1) is 3.79 Å². The summed E-state index contributed by atoms with van der Waals surface area (Å²) >= 11 is 5.23. The van der Waals surface area contributed by atoms with E-state index >= 15 is 0 Å². The zero-order valence-corrected chi connectivity index (χ0v) is 15.0. The van der Waals surface area contributed by atoms with Crippen molar-refractivity contribution in [1.82, 2.24) is 10.2 Å². The minimum absolute atomic E-state index is 0. The number of rotatable bonds is 6. The second-order valence-electron chi connectivity index (χ2n) is 5.11. The number of hydrogen-bond donors (Lipinski definition) is 1. The highest BCUT2D eigenvalue weighted by Crippen LogP contribution is 2.24. The molecule has 0 aromatic carbocycles. The fraction of sp³-hybridized carbons (Fsp3) is 0.643. The fourth-order valence-corrected chi connectivity index (χ4v) is 4.10. The normalized spacial score (nSPS) is 18.1. The third kappa shape index (κ3) is 5.35. The van der Waals surface area contributed by atoms with Crippen molar-refractivity contribution >= 4 is 45.6 Å². The number of nitrogens with one attached hydrogen (secondary N) is 1. The summed E-state index contributed by atoms with van der Waals surface area (Å²) in [5.41, 5.74) is 0. The Morgan fingerprint density at radius 1 is 1.55 bits per heavy atom. The molecule has 1 N–H and O–H groups in total. The standard InChI is InChI=1S/C14H21BrN2OS.ClH/c1-16-9-11-7-8-17(10-11)14(18)4-2-3-12-5-6-13(15)19-12;/h5-6,11,16H,2-4,7-10H2,1H3;1H. The maximum absolute atomic E-state index is 12.1. The van der Waals surface area contributed by atoms with Crippen LogP contribution in [0.1, 0.15) is 24.1 Å². The van der Waals surface area contributed by atoms with Crippen molar-refractivity contribution in [3.63, 3.8) is 0 Å². The summed E-state index contributed by atoms with van der Waals surface area (Å²) in [5.74, 6) is 0.969. The molecule has 2 heterocycles. The van der Waals surface area contributed by atoms with Gasteiger partial charge in [-0.2, -0.15) is 0 Å². The van der Waals surface area contributed by atoms with Crippen molar-refractivity contribution < 1.29 is 4.79 Å². The predicted molar refractivity (Wildman–Crippen MR) is 90.8 cm³/mol. The number of carbonyl (C=O) groups is 1. The monoisotopic (exact) mass is 380 g/mol. The van der Waals surface area contributed by atoms with Gasteiger partial charge in [0.25, 0.3) is 0 Å². The molecular weight excluding hydrogens is 360 g/mol. The van der Waals surface area contributed by atoms with E-state index in [1.54, 1.807) is 11.3 Å². The lowest BCUT2D eigenvalue weighted by Crippen LogP contribution is -2.30. The van der Waals surface area contributed by atoms with Gasteiger partial charge in [-0.1, -0.05) is 0 Å². The van der Waals surface area contributed by atoms with Crippen molar-refractivity contribution in [3.8, 4) is 0 Å². The summed E-state index contributed by atoms with van der Waals surface area (Å²) in [6, 6.07) is 4.21. The highest BCUT2D eigenvalue weighted by atomic mass is 79.9. The fourth-order valence-electron chi connectivity index (χ4n) is 2.57. The average molecular weight is 382 g/mol. The first-order valence-electron chi connectivity index (χ1n) is 6.85. The Bertz CT molecular complexity index is 427. The predicted octanol–water partition coefficient (Wildman–Crippen LogP) is 3.32. The molecule has 1 aliphatic rings. The Morgan fingerprint density at radius 2 is 2.35 bits per heavy atom. The van der Waals surface area contributed by atoms with Gasteiger partial charge in [0.2, 0.25) is 5.91 Å². The van der Waals surface area contributed by atoms with Gasteiger partial charge in [-0.3, -0.25) is 4.79 Å². The molecule has 1 unspecified atom stereocenters. The van der Waals surface area contributed by atoms with Crippen LogP contribution in [0.5, 0.6) is 0 Å². The maximum atomic E-state index is 12.1. The number of amides is 1. The summed E-state index contributed by atoms with van der Waals surface area (Å²) in [4.78, 5) is 15.5.